The minimum absolute atomic E-state index is 0.617. The standard InChI is InChI=1S/C22H29N/c1-7-17(3)12-13-18(4)14-15-20-10-9-11-21(16-20)19(5)22(8-2)23-6/h2,9-13,16-17,23H,4,7,14-15H2,1,3,5-6H3/b13-12-,22-19+. The molecule has 0 radical (unpaired) electrons. The number of allylic oxidation sites excluding steroid dienone is 5. The Morgan fingerprint density at radius 1 is 1.43 bits per heavy atom. The number of hydrogen-bond donors (Lipinski definition) is 1. The van der Waals surface area contributed by atoms with Gasteiger partial charge in [0.1, 0.15) is 0 Å². The van der Waals surface area contributed by atoms with Crippen molar-refractivity contribution >= 4 is 5.57 Å². The minimum Gasteiger partial charge on any atom is -0.381 e. The van der Waals surface area contributed by atoms with Gasteiger partial charge in [0.05, 0.1) is 5.70 Å². The molecule has 1 heteroatoms. The number of nitrogens with one attached hydrogen (secondary N) is 1. The topological polar surface area (TPSA) is 12.0 Å². The van der Waals surface area contributed by atoms with Crippen molar-refractivity contribution in [2.24, 2.45) is 5.92 Å². The molecule has 0 aliphatic rings. The minimum atomic E-state index is 0.617. The number of terminal acetylenes is 1. The Morgan fingerprint density at radius 2 is 2.17 bits per heavy atom. The van der Waals surface area contributed by atoms with E-state index in [-0.39, 0.29) is 0 Å². The molecule has 0 aliphatic heterocycles. The monoisotopic (exact) mass is 307 g/mol. The van der Waals surface area contributed by atoms with Gasteiger partial charge in [-0.05, 0) is 42.4 Å². The number of hydrogen-bond acceptors (Lipinski definition) is 1. The number of rotatable bonds is 8. The molecule has 122 valence electrons. The molecule has 0 fully saturated rings. The van der Waals surface area contributed by atoms with E-state index in [9.17, 15) is 0 Å². The van der Waals surface area contributed by atoms with E-state index in [4.69, 9.17) is 6.42 Å². The van der Waals surface area contributed by atoms with E-state index in [1.54, 1.807) is 0 Å². The van der Waals surface area contributed by atoms with Gasteiger partial charge in [0.25, 0.3) is 0 Å². The second-order valence-corrected chi connectivity index (χ2v) is 6.00. The predicted octanol–water partition coefficient (Wildman–Crippen LogP) is 5.36. The van der Waals surface area contributed by atoms with Gasteiger partial charge in [-0.3, -0.25) is 0 Å². The molecule has 1 nitrogen and oxygen atoms in total. The van der Waals surface area contributed by atoms with Gasteiger partial charge in [0.15, 0.2) is 0 Å². The van der Waals surface area contributed by atoms with E-state index in [2.05, 4.69) is 75.0 Å². The quantitative estimate of drug-likeness (QED) is 0.503. The van der Waals surface area contributed by atoms with Crippen LogP contribution in [0.4, 0.5) is 0 Å². The summed E-state index contributed by atoms with van der Waals surface area (Å²) < 4.78 is 0. The molecule has 0 spiro atoms. The zero-order valence-electron chi connectivity index (χ0n) is 14.9. The molecule has 0 amide bonds. The summed E-state index contributed by atoms with van der Waals surface area (Å²) in [7, 11) is 1.86. The van der Waals surface area contributed by atoms with E-state index in [0.29, 0.717) is 5.92 Å². The molecule has 1 atom stereocenters. The second kappa shape index (κ2) is 9.74. The Labute approximate surface area is 142 Å². The van der Waals surface area contributed by atoms with Crippen LogP contribution in [0.1, 0.15) is 44.7 Å². The zero-order valence-corrected chi connectivity index (χ0v) is 14.9. The van der Waals surface area contributed by atoms with Crippen LogP contribution in [0.15, 0.2) is 54.3 Å². The summed E-state index contributed by atoms with van der Waals surface area (Å²) in [5, 5.41) is 3.07. The first-order valence-corrected chi connectivity index (χ1v) is 8.32. The van der Waals surface area contributed by atoms with Crippen LogP contribution in [0.5, 0.6) is 0 Å². The normalized spacial score (nSPS) is 13.3. The van der Waals surface area contributed by atoms with Crippen molar-refractivity contribution in [1.82, 2.24) is 5.32 Å². The summed E-state index contributed by atoms with van der Waals surface area (Å²) in [5.74, 6) is 3.31. The molecule has 1 aromatic carbocycles. The first kappa shape index (κ1) is 18.8. The SMILES string of the molecule is C#C/C(NC)=C(/C)c1cccc(CCC(=C)/C=C\C(C)CC)c1. The molecular formula is C22H29N. The van der Waals surface area contributed by atoms with Crippen molar-refractivity contribution in [3.63, 3.8) is 0 Å². The van der Waals surface area contributed by atoms with Crippen LogP contribution < -0.4 is 5.32 Å². The summed E-state index contributed by atoms with van der Waals surface area (Å²) in [6, 6.07) is 8.58. The maximum Gasteiger partial charge on any atom is 0.0883 e. The van der Waals surface area contributed by atoms with Crippen LogP contribution in [0, 0.1) is 18.3 Å². The molecule has 1 rings (SSSR count). The highest BCUT2D eigenvalue weighted by atomic mass is 14.8. The first-order chi connectivity index (χ1) is 11.0. The smallest absolute Gasteiger partial charge is 0.0883 e. The molecule has 0 saturated carbocycles. The summed E-state index contributed by atoms with van der Waals surface area (Å²) in [6.07, 6.45) is 13.1. The predicted molar refractivity (Wildman–Crippen MR) is 103 cm³/mol. The molecule has 1 N–H and O–H groups in total. The maximum absolute atomic E-state index is 5.54. The van der Waals surface area contributed by atoms with Gasteiger partial charge in [-0.15, -0.1) is 6.42 Å². The average Bonchev–Trinajstić information content (AvgIpc) is 2.58. The third-order valence-electron chi connectivity index (χ3n) is 4.17. The highest BCUT2D eigenvalue weighted by Gasteiger charge is 2.03. The van der Waals surface area contributed by atoms with Gasteiger partial charge in [-0.25, -0.2) is 0 Å². The summed E-state index contributed by atoms with van der Waals surface area (Å²) in [6.45, 7) is 10.6. The summed E-state index contributed by atoms with van der Waals surface area (Å²) in [5.41, 5.74) is 5.61. The summed E-state index contributed by atoms with van der Waals surface area (Å²) in [4.78, 5) is 0. The molecule has 0 aromatic heterocycles. The van der Waals surface area contributed by atoms with Gasteiger partial charge in [-0.2, -0.15) is 0 Å². The fourth-order valence-corrected chi connectivity index (χ4v) is 2.30. The molecule has 0 heterocycles. The fraction of sp³-hybridized carbons (Fsp3) is 0.364. The highest BCUT2D eigenvalue weighted by molar-refractivity contribution is 5.70. The lowest BCUT2D eigenvalue weighted by molar-refractivity contribution is 0.697. The second-order valence-electron chi connectivity index (χ2n) is 6.00. The van der Waals surface area contributed by atoms with E-state index in [1.165, 1.54) is 23.1 Å². The Hall–Kier alpha value is -2.20. The lowest BCUT2D eigenvalue weighted by atomic mass is 9.98. The third kappa shape index (κ3) is 6.20. The van der Waals surface area contributed by atoms with Crippen molar-refractivity contribution in [2.75, 3.05) is 7.05 Å². The van der Waals surface area contributed by atoms with Crippen molar-refractivity contribution in [3.8, 4) is 12.3 Å². The van der Waals surface area contributed by atoms with E-state index < -0.39 is 0 Å². The molecule has 1 aromatic rings. The largest absolute Gasteiger partial charge is 0.381 e. The summed E-state index contributed by atoms with van der Waals surface area (Å²) >= 11 is 0. The van der Waals surface area contributed by atoms with Gasteiger partial charge in [-0.1, -0.05) is 74.8 Å². The van der Waals surface area contributed by atoms with Crippen LogP contribution in [0.25, 0.3) is 5.57 Å². The van der Waals surface area contributed by atoms with Crippen molar-refractivity contribution in [1.29, 1.82) is 0 Å². The Bertz CT molecular complexity index is 626. The average molecular weight is 307 g/mol. The first-order valence-electron chi connectivity index (χ1n) is 8.32. The molecule has 1 unspecified atom stereocenters. The van der Waals surface area contributed by atoms with Crippen molar-refractivity contribution in [3.05, 3.63) is 65.4 Å². The number of benzene rings is 1. The maximum atomic E-state index is 5.54. The van der Waals surface area contributed by atoms with Crippen LogP contribution in [0.2, 0.25) is 0 Å². The molecular weight excluding hydrogens is 278 g/mol. The van der Waals surface area contributed by atoms with Gasteiger partial charge in [0.2, 0.25) is 0 Å². The van der Waals surface area contributed by atoms with E-state index >= 15 is 0 Å². The van der Waals surface area contributed by atoms with E-state index in [1.807, 2.05) is 7.05 Å². The van der Waals surface area contributed by atoms with Gasteiger partial charge >= 0.3 is 0 Å². The molecule has 23 heavy (non-hydrogen) atoms. The highest BCUT2D eigenvalue weighted by Crippen LogP contribution is 2.19. The van der Waals surface area contributed by atoms with Gasteiger partial charge < -0.3 is 5.32 Å². The molecule has 0 aliphatic carbocycles. The van der Waals surface area contributed by atoms with Crippen LogP contribution >= 0.6 is 0 Å². The third-order valence-corrected chi connectivity index (χ3v) is 4.17. The lowest BCUT2D eigenvalue weighted by Gasteiger charge is -2.09. The lowest BCUT2D eigenvalue weighted by Crippen LogP contribution is -2.05. The Morgan fingerprint density at radius 3 is 2.78 bits per heavy atom. The van der Waals surface area contributed by atoms with E-state index in [0.717, 1.165) is 24.1 Å². The Kier molecular flexibility index (Phi) is 7.98. The molecule has 0 saturated heterocycles. The van der Waals surface area contributed by atoms with Crippen molar-refractivity contribution in [2.45, 2.75) is 40.0 Å². The van der Waals surface area contributed by atoms with Crippen LogP contribution in [0.3, 0.4) is 0 Å². The van der Waals surface area contributed by atoms with Crippen molar-refractivity contribution < 1.29 is 0 Å². The fourth-order valence-electron chi connectivity index (χ4n) is 2.30. The van der Waals surface area contributed by atoms with Crippen LogP contribution in [-0.2, 0) is 6.42 Å². The zero-order chi connectivity index (χ0) is 17.2. The Balaban J connectivity index is 2.76. The number of aryl methyl sites for hydroxylation is 1. The van der Waals surface area contributed by atoms with Crippen LogP contribution in [-0.4, -0.2) is 7.05 Å². The van der Waals surface area contributed by atoms with Gasteiger partial charge in [0, 0.05) is 7.05 Å². The molecule has 0 bridgehead atoms.